The summed E-state index contributed by atoms with van der Waals surface area (Å²) in [7, 11) is 0. The molecule has 1 fully saturated rings. The number of epoxide rings is 1. The number of hydrogen-bond donors (Lipinski definition) is 1. The lowest BCUT2D eigenvalue weighted by atomic mass is 10.2. The quantitative estimate of drug-likeness (QED) is 0.807. The van der Waals surface area contributed by atoms with Gasteiger partial charge >= 0.3 is 0 Å². The molecule has 2 N–H and O–H groups in total. The van der Waals surface area contributed by atoms with Gasteiger partial charge in [0.1, 0.15) is 24.0 Å². The van der Waals surface area contributed by atoms with E-state index in [1.807, 2.05) is 6.07 Å². The van der Waals surface area contributed by atoms with Gasteiger partial charge in [-0.25, -0.2) is 0 Å². The maximum atomic E-state index is 11.0. The number of furan rings is 1. The molecule has 5 heteroatoms. The summed E-state index contributed by atoms with van der Waals surface area (Å²) in [4.78, 5) is 11.0. The van der Waals surface area contributed by atoms with Gasteiger partial charge in [-0.3, -0.25) is 4.79 Å². The molecule has 1 aromatic heterocycles. The third-order valence-electron chi connectivity index (χ3n) is 2.57. The first-order valence-electron chi connectivity index (χ1n) is 5.30. The maximum Gasteiger partial charge on any atom is 0.284 e. The molecule has 0 saturated carbocycles. The van der Waals surface area contributed by atoms with Crippen molar-refractivity contribution >= 4 is 16.9 Å². The highest BCUT2D eigenvalue weighted by Crippen LogP contribution is 2.24. The third kappa shape index (κ3) is 2.09. The molecule has 2 heterocycles. The number of rotatable bonds is 4. The van der Waals surface area contributed by atoms with E-state index in [1.165, 1.54) is 0 Å². The van der Waals surface area contributed by atoms with Crippen LogP contribution in [0.2, 0.25) is 0 Å². The average Bonchev–Trinajstić information content (AvgIpc) is 3.03. The van der Waals surface area contributed by atoms with E-state index < -0.39 is 5.91 Å². The number of primary amides is 1. The van der Waals surface area contributed by atoms with Gasteiger partial charge in [-0.2, -0.15) is 0 Å². The van der Waals surface area contributed by atoms with Crippen molar-refractivity contribution in [2.24, 2.45) is 5.73 Å². The normalized spacial score (nSPS) is 18.2. The largest absolute Gasteiger partial charge is 0.491 e. The number of fused-ring (bicyclic) bond motifs is 1. The summed E-state index contributed by atoms with van der Waals surface area (Å²) in [5, 5.41) is 0.799. The van der Waals surface area contributed by atoms with Crippen molar-refractivity contribution in [2.45, 2.75) is 6.10 Å². The van der Waals surface area contributed by atoms with E-state index in [2.05, 4.69) is 0 Å². The zero-order valence-corrected chi connectivity index (χ0v) is 9.01. The van der Waals surface area contributed by atoms with E-state index in [0.717, 1.165) is 17.7 Å². The molecule has 0 aliphatic carbocycles. The first kappa shape index (κ1) is 10.2. The number of carbonyl (C=O) groups is 1. The van der Waals surface area contributed by atoms with E-state index in [4.69, 9.17) is 19.6 Å². The molecule has 1 aliphatic rings. The number of hydrogen-bond acceptors (Lipinski definition) is 4. The van der Waals surface area contributed by atoms with Gasteiger partial charge in [-0.1, -0.05) is 0 Å². The molecule has 17 heavy (non-hydrogen) atoms. The second kappa shape index (κ2) is 3.78. The number of carbonyl (C=O) groups excluding carboxylic acids is 1. The minimum absolute atomic E-state index is 0.155. The summed E-state index contributed by atoms with van der Waals surface area (Å²) in [5.74, 6) is 0.308. The van der Waals surface area contributed by atoms with Crippen LogP contribution in [0.4, 0.5) is 0 Å². The Morgan fingerprint density at radius 1 is 1.47 bits per heavy atom. The Kier molecular flexibility index (Phi) is 2.26. The molecular formula is C12H11NO4. The van der Waals surface area contributed by atoms with Crippen molar-refractivity contribution in [3.05, 3.63) is 30.0 Å². The predicted octanol–water partition coefficient (Wildman–Crippen LogP) is 1.31. The van der Waals surface area contributed by atoms with Crippen LogP contribution < -0.4 is 10.5 Å². The van der Waals surface area contributed by atoms with E-state index >= 15 is 0 Å². The van der Waals surface area contributed by atoms with Crippen LogP contribution in [0.5, 0.6) is 5.75 Å². The fraction of sp³-hybridized carbons (Fsp3) is 0.250. The highest BCUT2D eigenvalue weighted by Gasteiger charge is 2.23. The van der Waals surface area contributed by atoms with Crippen molar-refractivity contribution in [1.82, 2.24) is 0 Å². The molecule has 0 radical (unpaired) electrons. The van der Waals surface area contributed by atoms with Gasteiger partial charge in [0.2, 0.25) is 0 Å². The van der Waals surface area contributed by atoms with Crippen LogP contribution in [-0.4, -0.2) is 25.2 Å². The summed E-state index contributed by atoms with van der Waals surface area (Å²) in [6.45, 7) is 1.31. The molecule has 5 nitrogen and oxygen atoms in total. The van der Waals surface area contributed by atoms with Gasteiger partial charge in [0.25, 0.3) is 5.91 Å². The Bertz CT molecular complexity index is 571. The monoisotopic (exact) mass is 233 g/mol. The van der Waals surface area contributed by atoms with Gasteiger partial charge < -0.3 is 19.6 Å². The molecule has 1 aliphatic heterocycles. The van der Waals surface area contributed by atoms with Crippen molar-refractivity contribution in [1.29, 1.82) is 0 Å². The number of ether oxygens (including phenoxy) is 2. The van der Waals surface area contributed by atoms with Crippen molar-refractivity contribution in [2.75, 3.05) is 13.2 Å². The van der Waals surface area contributed by atoms with E-state index in [9.17, 15) is 4.79 Å². The zero-order chi connectivity index (χ0) is 11.8. The average molecular weight is 233 g/mol. The summed E-state index contributed by atoms with van der Waals surface area (Å²) >= 11 is 0. The Hall–Kier alpha value is -2.01. The molecule has 1 amide bonds. The lowest BCUT2D eigenvalue weighted by Gasteiger charge is -2.02. The summed E-state index contributed by atoms with van der Waals surface area (Å²) in [6.07, 6.45) is 0.219. The van der Waals surface area contributed by atoms with Crippen LogP contribution in [-0.2, 0) is 4.74 Å². The van der Waals surface area contributed by atoms with Crippen molar-refractivity contribution in [3.63, 3.8) is 0 Å². The van der Waals surface area contributed by atoms with Crippen molar-refractivity contribution < 1.29 is 18.7 Å². The molecule has 2 aromatic rings. The van der Waals surface area contributed by atoms with Gasteiger partial charge in [0, 0.05) is 5.39 Å². The van der Waals surface area contributed by atoms with Crippen LogP contribution in [0.15, 0.2) is 28.7 Å². The molecule has 1 aromatic carbocycles. The summed E-state index contributed by atoms with van der Waals surface area (Å²) in [5.41, 5.74) is 5.76. The Labute approximate surface area is 97.1 Å². The lowest BCUT2D eigenvalue weighted by Crippen LogP contribution is -2.08. The summed E-state index contributed by atoms with van der Waals surface area (Å²) < 4.78 is 15.8. The fourth-order valence-electron chi connectivity index (χ4n) is 1.59. The second-order valence-electron chi connectivity index (χ2n) is 3.94. The SMILES string of the molecule is NC(=O)c1cc2cc(OCC3CO3)ccc2o1. The molecular weight excluding hydrogens is 222 g/mol. The summed E-state index contributed by atoms with van der Waals surface area (Å²) in [6, 6.07) is 6.97. The number of amides is 1. The van der Waals surface area contributed by atoms with Crippen LogP contribution in [0.1, 0.15) is 10.6 Å². The minimum Gasteiger partial charge on any atom is -0.491 e. The minimum atomic E-state index is -0.574. The predicted molar refractivity (Wildman–Crippen MR) is 60.0 cm³/mol. The lowest BCUT2D eigenvalue weighted by molar-refractivity contribution is 0.0976. The van der Waals surface area contributed by atoms with Gasteiger partial charge in [-0.05, 0) is 24.3 Å². The van der Waals surface area contributed by atoms with Crippen LogP contribution in [0.3, 0.4) is 0 Å². The van der Waals surface area contributed by atoms with Crippen LogP contribution in [0.25, 0.3) is 11.0 Å². The molecule has 88 valence electrons. The third-order valence-corrected chi connectivity index (χ3v) is 2.57. The van der Waals surface area contributed by atoms with Crippen LogP contribution in [0, 0.1) is 0 Å². The maximum absolute atomic E-state index is 11.0. The van der Waals surface area contributed by atoms with E-state index in [1.54, 1.807) is 18.2 Å². The molecule has 1 atom stereocenters. The van der Waals surface area contributed by atoms with Crippen molar-refractivity contribution in [3.8, 4) is 5.75 Å². The number of nitrogens with two attached hydrogens (primary N) is 1. The van der Waals surface area contributed by atoms with Gasteiger partial charge in [-0.15, -0.1) is 0 Å². The Morgan fingerprint density at radius 3 is 3.00 bits per heavy atom. The first-order valence-corrected chi connectivity index (χ1v) is 5.30. The zero-order valence-electron chi connectivity index (χ0n) is 9.01. The molecule has 0 spiro atoms. The Balaban J connectivity index is 1.86. The van der Waals surface area contributed by atoms with Gasteiger partial charge in [0.05, 0.1) is 6.61 Å². The smallest absolute Gasteiger partial charge is 0.284 e. The Morgan fingerprint density at radius 2 is 2.29 bits per heavy atom. The fourth-order valence-corrected chi connectivity index (χ4v) is 1.59. The topological polar surface area (TPSA) is 78.0 Å². The highest BCUT2D eigenvalue weighted by atomic mass is 16.6. The van der Waals surface area contributed by atoms with E-state index in [-0.39, 0.29) is 11.9 Å². The van der Waals surface area contributed by atoms with Crippen LogP contribution >= 0.6 is 0 Å². The first-order chi connectivity index (χ1) is 8.22. The molecule has 1 unspecified atom stereocenters. The standard InChI is InChI=1S/C12H11NO4/c13-12(14)11-4-7-3-8(1-2-10(7)17-11)15-5-9-6-16-9/h1-4,9H,5-6H2,(H2,13,14). The molecule has 0 bridgehead atoms. The highest BCUT2D eigenvalue weighted by molar-refractivity contribution is 5.95. The van der Waals surface area contributed by atoms with E-state index in [0.29, 0.717) is 12.2 Å². The number of benzene rings is 1. The second-order valence-corrected chi connectivity index (χ2v) is 3.94. The molecule has 1 saturated heterocycles. The van der Waals surface area contributed by atoms with Gasteiger partial charge in [0.15, 0.2) is 5.76 Å². The molecule has 3 rings (SSSR count).